The van der Waals surface area contributed by atoms with Crippen LogP contribution in [-0.2, 0) is 16.7 Å². The number of amidine groups is 1. The number of rotatable bonds is 3. The minimum atomic E-state index is -0.854. The van der Waals surface area contributed by atoms with Gasteiger partial charge in [-0.1, -0.05) is 12.1 Å². The number of hydrogen-bond donors (Lipinski definition) is 2. The number of carbonyl (C=O) groups excluding carboxylic acids is 1. The molecular weight excluding hydrogens is 261 g/mol. The van der Waals surface area contributed by atoms with E-state index < -0.39 is 5.54 Å². The molecule has 0 aromatic heterocycles. The number of methoxy groups -OCH3 is 1. The van der Waals surface area contributed by atoms with Crippen LogP contribution in [0, 0.1) is 11.2 Å². The summed E-state index contributed by atoms with van der Waals surface area (Å²) < 4.78 is 18.9. The van der Waals surface area contributed by atoms with Crippen molar-refractivity contribution in [1.82, 2.24) is 10.2 Å². The fourth-order valence-electron chi connectivity index (χ4n) is 3.24. The number of amides is 2. The molecule has 6 heteroatoms. The van der Waals surface area contributed by atoms with E-state index in [0.717, 1.165) is 5.56 Å². The highest BCUT2D eigenvalue weighted by Crippen LogP contribution is 2.45. The Kier molecular flexibility index (Phi) is 2.97. The van der Waals surface area contributed by atoms with Gasteiger partial charge in [0, 0.05) is 13.7 Å². The third kappa shape index (κ3) is 1.57. The first-order chi connectivity index (χ1) is 9.61. The van der Waals surface area contributed by atoms with E-state index in [4.69, 9.17) is 10.1 Å². The molecule has 2 N–H and O–H groups in total. The standard InChI is InChI=1S/C14H16FN3O2/c1-20-8-7-18-13(19)17-12(16)14(18)6-5-9-10(14)3-2-4-11(9)15/h2-4H,5-8H2,1H3,(H2,16,17,19). The maximum absolute atomic E-state index is 13.9. The zero-order valence-electron chi connectivity index (χ0n) is 11.2. The lowest BCUT2D eigenvalue weighted by atomic mass is 9.89. The van der Waals surface area contributed by atoms with Crippen molar-refractivity contribution in [3.8, 4) is 0 Å². The molecule has 1 atom stereocenters. The second kappa shape index (κ2) is 4.56. The van der Waals surface area contributed by atoms with E-state index >= 15 is 0 Å². The highest BCUT2D eigenvalue weighted by atomic mass is 19.1. The molecule has 0 radical (unpaired) electrons. The number of nitrogens with zero attached hydrogens (tertiary/aromatic N) is 1. The second-order valence-corrected chi connectivity index (χ2v) is 5.08. The third-order valence-electron chi connectivity index (χ3n) is 4.17. The number of benzene rings is 1. The summed E-state index contributed by atoms with van der Waals surface area (Å²) in [5, 5.41) is 10.7. The first kappa shape index (κ1) is 13.1. The lowest BCUT2D eigenvalue weighted by molar-refractivity contribution is 0.123. The minimum Gasteiger partial charge on any atom is -0.383 e. The van der Waals surface area contributed by atoms with Crippen LogP contribution in [0.5, 0.6) is 0 Å². The maximum Gasteiger partial charge on any atom is 0.324 e. The van der Waals surface area contributed by atoms with Crippen LogP contribution in [0.2, 0.25) is 0 Å². The Labute approximate surface area is 116 Å². The number of carbonyl (C=O) groups is 1. The van der Waals surface area contributed by atoms with E-state index in [0.29, 0.717) is 31.6 Å². The molecule has 1 spiro atoms. The van der Waals surface area contributed by atoms with Gasteiger partial charge in [0.1, 0.15) is 17.2 Å². The Hall–Kier alpha value is -1.95. The topological polar surface area (TPSA) is 65.4 Å². The maximum atomic E-state index is 13.9. The van der Waals surface area contributed by atoms with E-state index in [9.17, 15) is 9.18 Å². The van der Waals surface area contributed by atoms with Gasteiger partial charge in [-0.3, -0.25) is 10.7 Å². The largest absolute Gasteiger partial charge is 0.383 e. The lowest BCUT2D eigenvalue weighted by Crippen LogP contribution is -2.46. The van der Waals surface area contributed by atoms with Gasteiger partial charge in [-0.25, -0.2) is 9.18 Å². The molecule has 5 nitrogen and oxygen atoms in total. The number of ether oxygens (including phenoxy) is 1. The molecule has 1 aromatic rings. The Bertz CT molecular complexity index is 590. The van der Waals surface area contributed by atoms with Crippen LogP contribution >= 0.6 is 0 Å². The van der Waals surface area contributed by atoms with E-state index in [1.54, 1.807) is 24.1 Å². The average molecular weight is 277 g/mol. The van der Waals surface area contributed by atoms with Crippen LogP contribution in [0.3, 0.4) is 0 Å². The second-order valence-electron chi connectivity index (χ2n) is 5.08. The Morgan fingerprint density at radius 1 is 1.55 bits per heavy atom. The van der Waals surface area contributed by atoms with Crippen molar-refractivity contribution in [3.63, 3.8) is 0 Å². The van der Waals surface area contributed by atoms with Crippen molar-refractivity contribution >= 4 is 11.9 Å². The summed E-state index contributed by atoms with van der Waals surface area (Å²) in [6.45, 7) is 0.758. The number of nitrogens with one attached hydrogen (secondary N) is 2. The predicted octanol–water partition coefficient (Wildman–Crippen LogP) is 1.62. The van der Waals surface area contributed by atoms with Crippen molar-refractivity contribution in [2.75, 3.05) is 20.3 Å². The van der Waals surface area contributed by atoms with Crippen LogP contribution in [0.4, 0.5) is 9.18 Å². The molecule has 2 amide bonds. The van der Waals surface area contributed by atoms with Crippen LogP contribution in [0.25, 0.3) is 0 Å². The van der Waals surface area contributed by atoms with Gasteiger partial charge >= 0.3 is 6.03 Å². The molecule has 1 fully saturated rings. The van der Waals surface area contributed by atoms with Gasteiger partial charge in [-0.05, 0) is 30.0 Å². The van der Waals surface area contributed by atoms with Crippen LogP contribution < -0.4 is 5.32 Å². The smallest absolute Gasteiger partial charge is 0.324 e. The Balaban J connectivity index is 2.09. The fourth-order valence-corrected chi connectivity index (χ4v) is 3.24. The van der Waals surface area contributed by atoms with Crippen molar-refractivity contribution in [1.29, 1.82) is 5.41 Å². The first-order valence-corrected chi connectivity index (χ1v) is 6.55. The van der Waals surface area contributed by atoms with Crippen molar-refractivity contribution in [3.05, 3.63) is 35.1 Å². The van der Waals surface area contributed by atoms with Crippen LogP contribution in [-0.4, -0.2) is 37.0 Å². The van der Waals surface area contributed by atoms with E-state index in [2.05, 4.69) is 5.32 Å². The molecule has 1 unspecified atom stereocenters. The number of hydrogen-bond acceptors (Lipinski definition) is 3. The molecule has 1 heterocycles. The molecule has 106 valence electrons. The highest BCUT2D eigenvalue weighted by molar-refractivity contribution is 6.09. The van der Waals surface area contributed by atoms with Crippen molar-refractivity contribution in [2.24, 2.45) is 0 Å². The van der Waals surface area contributed by atoms with Gasteiger partial charge in [0.15, 0.2) is 0 Å². The van der Waals surface area contributed by atoms with Gasteiger partial charge in [-0.15, -0.1) is 0 Å². The summed E-state index contributed by atoms with van der Waals surface area (Å²) in [5.41, 5.74) is 0.473. The summed E-state index contributed by atoms with van der Waals surface area (Å²) in [6.07, 6.45) is 1.06. The van der Waals surface area contributed by atoms with Gasteiger partial charge in [0.2, 0.25) is 0 Å². The molecule has 1 aliphatic carbocycles. The molecule has 1 saturated heterocycles. The average Bonchev–Trinajstić information content (AvgIpc) is 2.91. The fraction of sp³-hybridized carbons (Fsp3) is 0.429. The van der Waals surface area contributed by atoms with E-state index in [-0.39, 0.29) is 17.7 Å². The van der Waals surface area contributed by atoms with Crippen molar-refractivity contribution < 1.29 is 13.9 Å². The van der Waals surface area contributed by atoms with E-state index in [1.807, 2.05) is 0 Å². The predicted molar refractivity (Wildman–Crippen MR) is 71.2 cm³/mol. The Morgan fingerprint density at radius 2 is 2.35 bits per heavy atom. The lowest BCUT2D eigenvalue weighted by Gasteiger charge is -2.33. The zero-order valence-corrected chi connectivity index (χ0v) is 11.2. The number of halogens is 1. The SMILES string of the molecule is COCCN1C(=O)NC(=N)C12CCc1c(F)cccc12. The summed E-state index contributed by atoms with van der Waals surface area (Å²) in [4.78, 5) is 13.7. The van der Waals surface area contributed by atoms with Crippen LogP contribution in [0.1, 0.15) is 17.5 Å². The number of urea groups is 1. The molecule has 3 rings (SSSR count). The third-order valence-corrected chi connectivity index (χ3v) is 4.17. The molecule has 0 saturated carbocycles. The first-order valence-electron chi connectivity index (χ1n) is 6.55. The molecule has 0 bridgehead atoms. The molecule has 1 aromatic carbocycles. The zero-order chi connectivity index (χ0) is 14.3. The summed E-state index contributed by atoms with van der Waals surface area (Å²) in [5.74, 6) is -0.138. The van der Waals surface area contributed by atoms with Gasteiger partial charge in [0.25, 0.3) is 0 Å². The normalized spacial score (nSPS) is 24.4. The summed E-state index contributed by atoms with van der Waals surface area (Å²) in [6, 6.07) is 4.54. The molecule has 20 heavy (non-hydrogen) atoms. The quantitative estimate of drug-likeness (QED) is 0.881. The van der Waals surface area contributed by atoms with Gasteiger partial charge < -0.3 is 9.64 Å². The van der Waals surface area contributed by atoms with Gasteiger partial charge in [-0.2, -0.15) is 0 Å². The highest BCUT2D eigenvalue weighted by Gasteiger charge is 2.54. The van der Waals surface area contributed by atoms with E-state index in [1.165, 1.54) is 6.07 Å². The van der Waals surface area contributed by atoms with Gasteiger partial charge in [0.05, 0.1) is 6.61 Å². The van der Waals surface area contributed by atoms with Crippen LogP contribution in [0.15, 0.2) is 18.2 Å². The summed E-state index contributed by atoms with van der Waals surface area (Å²) >= 11 is 0. The molecular formula is C14H16FN3O2. The van der Waals surface area contributed by atoms with Crippen molar-refractivity contribution in [2.45, 2.75) is 18.4 Å². The molecule has 2 aliphatic rings. The monoisotopic (exact) mass is 277 g/mol. The molecule has 1 aliphatic heterocycles. The number of fused-ring (bicyclic) bond motifs is 2. The summed E-state index contributed by atoms with van der Waals surface area (Å²) in [7, 11) is 1.56. The Morgan fingerprint density at radius 3 is 3.10 bits per heavy atom. The minimum absolute atomic E-state index is 0.128.